The first-order valence-corrected chi connectivity index (χ1v) is 6.47. The lowest BCUT2D eigenvalue weighted by Gasteiger charge is -2.13. The van der Waals surface area contributed by atoms with Gasteiger partial charge in [-0.25, -0.2) is 4.79 Å². The van der Waals surface area contributed by atoms with Crippen LogP contribution in [0.3, 0.4) is 0 Å². The van der Waals surface area contributed by atoms with Crippen molar-refractivity contribution in [1.82, 2.24) is 0 Å². The summed E-state index contributed by atoms with van der Waals surface area (Å²) in [6.07, 6.45) is -0.667. The van der Waals surface area contributed by atoms with E-state index >= 15 is 0 Å². The van der Waals surface area contributed by atoms with Gasteiger partial charge in [0.15, 0.2) is 11.5 Å². The molecule has 0 fully saturated rings. The average Bonchev–Trinajstić information content (AvgIpc) is 2.47. The zero-order valence-electron chi connectivity index (χ0n) is 11.6. The number of halogens is 1. The van der Waals surface area contributed by atoms with Crippen LogP contribution in [-0.2, 0) is 0 Å². The summed E-state index contributed by atoms with van der Waals surface area (Å²) in [7, 11) is 2.97. The van der Waals surface area contributed by atoms with Crippen molar-refractivity contribution in [2.75, 3.05) is 19.5 Å². The maximum Gasteiger partial charge on any atom is 0.417 e. The third-order valence-corrected chi connectivity index (χ3v) is 2.88. The van der Waals surface area contributed by atoms with Gasteiger partial charge in [-0.15, -0.1) is 0 Å². The standard InChI is InChI=1S/C15H14ClNO4/c1-19-12-7-4-8-13(20-2)14(12)21-15(18)17-11-6-3-5-10(16)9-11/h3-9H,1-2H3,(H,17,18). The molecule has 2 aromatic carbocycles. The third-order valence-electron chi connectivity index (χ3n) is 2.65. The van der Waals surface area contributed by atoms with E-state index in [9.17, 15) is 4.79 Å². The van der Waals surface area contributed by atoms with Gasteiger partial charge in [0.1, 0.15) is 0 Å². The number of nitrogens with one attached hydrogen (secondary N) is 1. The second kappa shape index (κ2) is 6.85. The number of anilines is 1. The monoisotopic (exact) mass is 307 g/mol. The van der Waals surface area contributed by atoms with Crippen LogP contribution >= 0.6 is 11.6 Å². The van der Waals surface area contributed by atoms with Crippen LogP contribution in [0, 0.1) is 0 Å². The maximum atomic E-state index is 11.9. The minimum absolute atomic E-state index is 0.210. The Balaban J connectivity index is 2.16. The molecule has 1 N–H and O–H groups in total. The number of hydrogen-bond acceptors (Lipinski definition) is 4. The number of rotatable bonds is 4. The fourth-order valence-corrected chi connectivity index (χ4v) is 1.91. The van der Waals surface area contributed by atoms with Crippen LogP contribution in [0.2, 0.25) is 5.02 Å². The Kier molecular flexibility index (Phi) is 4.90. The number of methoxy groups -OCH3 is 2. The molecular formula is C15H14ClNO4. The molecule has 0 radical (unpaired) electrons. The van der Waals surface area contributed by atoms with Crippen molar-refractivity contribution in [1.29, 1.82) is 0 Å². The first-order valence-electron chi connectivity index (χ1n) is 6.09. The van der Waals surface area contributed by atoms with E-state index in [-0.39, 0.29) is 5.75 Å². The molecule has 2 rings (SSSR count). The lowest BCUT2D eigenvalue weighted by molar-refractivity contribution is 0.210. The number of carbonyl (C=O) groups is 1. The van der Waals surface area contributed by atoms with Crippen LogP contribution in [0.25, 0.3) is 0 Å². The molecule has 0 aliphatic heterocycles. The molecule has 0 saturated heterocycles. The summed E-state index contributed by atoms with van der Waals surface area (Å²) in [6.45, 7) is 0. The van der Waals surface area contributed by atoms with Crippen molar-refractivity contribution in [3.8, 4) is 17.2 Å². The number of benzene rings is 2. The van der Waals surface area contributed by atoms with Crippen LogP contribution in [0.4, 0.5) is 10.5 Å². The zero-order chi connectivity index (χ0) is 15.2. The van der Waals surface area contributed by atoms with Gasteiger partial charge in [0, 0.05) is 10.7 Å². The molecule has 110 valence electrons. The van der Waals surface area contributed by atoms with Crippen molar-refractivity contribution in [2.24, 2.45) is 0 Å². The highest BCUT2D eigenvalue weighted by molar-refractivity contribution is 6.30. The summed E-state index contributed by atoms with van der Waals surface area (Å²) in [5.41, 5.74) is 0.529. The number of ether oxygens (including phenoxy) is 3. The topological polar surface area (TPSA) is 56.8 Å². The number of carbonyl (C=O) groups excluding carboxylic acids is 1. The Hall–Kier alpha value is -2.40. The van der Waals surface area contributed by atoms with Crippen LogP contribution in [0.15, 0.2) is 42.5 Å². The van der Waals surface area contributed by atoms with E-state index in [2.05, 4.69) is 5.32 Å². The van der Waals surface area contributed by atoms with E-state index in [1.165, 1.54) is 14.2 Å². The molecule has 2 aromatic rings. The normalized spacial score (nSPS) is 9.86. The van der Waals surface area contributed by atoms with Gasteiger partial charge in [0.25, 0.3) is 0 Å². The number of amides is 1. The minimum atomic E-state index is -0.667. The first-order chi connectivity index (χ1) is 10.1. The van der Waals surface area contributed by atoms with E-state index in [0.717, 1.165) is 0 Å². The number of para-hydroxylation sites is 1. The Morgan fingerprint density at radius 3 is 2.24 bits per heavy atom. The maximum absolute atomic E-state index is 11.9. The molecule has 0 saturated carbocycles. The average molecular weight is 308 g/mol. The highest BCUT2D eigenvalue weighted by atomic mass is 35.5. The van der Waals surface area contributed by atoms with Crippen molar-refractivity contribution in [2.45, 2.75) is 0 Å². The van der Waals surface area contributed by atoms with Crippen LogP contribution < -0.4 is 19.5 Å². The summed E-state index contributed by atoms with van der Waals surface area (Å²) < 4.78 is 15.6. The fourth-order valence-electron chi connectivity index (χ4n) is 1.72. The largest absolute Gasteiger partial charge is 0.493 e. The van der Waals surface area contributed by atoms with E-state index in [4.69, 9.17) is 25.8 Å². The smallest absolute Gasteiger partial charge is 0.417 e. The second-order valence-electron chi connectivity index (χ2n) is 4.02. The molecule has 0 aromatic heterocycles. The van der Waals surface area contributed by atoms with Gasteiger partial charge in [-0.2, -0.15) is 0 Å². The molecule has 21 heavy (non-hydrogen) atoms. The molecule has 0 unspecified atom stereocenters. The lowest BCUT2D eigenvalue weighted by Crippen LogP contribution is -2.17. The second-order valence-corrected chi connectivity index (χ2v) is 4.45. The molecular weight excluding hydrogens is 294 g/mol. The molecule has 0 atom stereocenters. The van der Waals surface area contributed by atoms with Gasteiger partial charge in [0.2, 0.25) is 5.75 Å². The van der Waals surface area contributed by atoms with Gasteiger partial charge >= 0.3 is 6.09 Å². The van der Waals surface area contributed by atoms with E-state index < -0.39 is 6.09 Å². The molecule has 0 bridgehead atoms. The van der Waals surface area contributed by atoms with Gasteiger partial charge in [-0.3, -0.25) is 5.32 Å². The quantitative estimate of drug-likeness (QED) is 0.928. The molecule has 0 heterocycles. The molecule has 6 heteroatoms. The van der Waals surface area contributed by atoms with Gasteiger partial charge in [-0.1, -0.05) is 23.7 Å². The SMILES string of the molecule is COc1cccc(OC)c1OC(=O)Nc1cccc(Cl)c1. The van der Waals surface area contributed by atoms with Crippen LogP contribution in [-0.4, -0.2) is 20.3 Å². The van der Waals surface area contributed by atoms with Crippen molar-refractivity contribution in [3.05, 3.63) is 47.5 Å². The molecule has 0 aliphatic carbocycles. The summed E-state index contributed by atoms with van der Waals surface area (Å²) in [4.78, 5) is 11.9. The van der Waals surface area contributed by atoms with Crippen LogP contribution in [0.1, 0.15) is 0 Å². The van der Waals surface area contributed by atoms with E-state index in [0.29, 0.717) is 22.2 Å². The molecule has 0 aliphatic rings. The van der Waals surface area contributed by atoms with Gasteiger partial charge < -0.3 is 14.2 Å². The lowest BCUT2D eigenvalue weighted by atomic mass is 10.3. The van der Waals surface area contributed by atoms with Crippen molar-refractivity contribution in [3.63, 3.8) is 0 Å². The Bertz CT molecular complexity index is 623. The Labute approximate surface area is 127 Å². The Morgan fingerprint density at radius 2 is 1.67 bits per heavy atom. The highest BCUT2D eigenvalue weighted by Gasteiger charge is 2.15. The van der Waals surface area contributed by atoms with Gasteiger partial charge in [-0.05, 0) is 30.3 Å². The van der Waals surface area contributed by atoms with Crippen LogP contribution in [0.5, 0.6) is 17.2 Å². The predicted octanol–water partition coefficient (Wildman–Crippen LogP) is 3.97. The van der Waals surface area contributed by atoms with E-state index in [1.807, 2.05) is 0 Å². The van der Waals surface area contributed by atoms with Gasteiger partial charge in [0.05, 0.1) is 14.2 Å². The summed E-state index contributed by atoms with van der Waals surface area (Å²) in [6, 6.07) is 11.8. The minimum Gasteiger partial charge on any atom is -0.493 e. The molecule has 0 spiro atoms. The summed E-state index contributed by atoms with van der Waals surface area (Å²) in [5, 5.41) is 3.09. The predicted molar refractivity (Wildman–Crippen MR) is 80.6 cm³/mol. The molecule has 5 nitrogen and oxygen atoms in total. The third kappa shape index (κ3) is 3.79. The Morgan fingerprint density at radius 1 is 1.05 bits per heavy atom. The first kappa shape index (κ1) is 15.0. The van der Waals surface area contributed by atoms with Crippen molar-refractivity contribution < 1.29 is 19.0 Å². The number of hydrogen-bond donors (Lipinski definition) is 1. The fraction of sp³-hybridized carbons (Fsp3) is 0.133. The molecule has 1 amide bonds. The summed E-state index contributed by atoms with van der Waals surface area (Å²) >= 11 is 5.85. The zero-order valence-corrected chi connectivity index (χ0v) is 12.3. The van der Waals surface area contributed by atoms with E-state index in [1.54, 1.807) is 42.5 Å². The highest BCUT2D eigenvalue weighted by Crippen LogP contribution is 2.36. The van der Waals surface area contributed by atoms with Crippen molar-refractivity contribution >= 4 is 23.4 Å². The summed E-state index contributed by atoms with van der Waals surface area (Å²) in [5.74, 6) is 1.01.